The molecular weight excluding hydrogens is 342 g/mol. The van der Waals surface area contributed by atoms with Gasteiger partial charge in [0.15, 0.2) is 0 Å². The second-order valence-corrected chi connectivity index (χ2v) is 7.30. The van der Waals surface area contributed by atoms with Gasteiger partial charge in [0, 0.05) is 16.8 Å². The fraction of sp³-hybridized carbons (Fsp3) is 0.211. The van der Waals surface area contributed by atoms with Gasteiger partial charge in [-0.2, -0.15) is 0 Å². The first kappa shape index (κ1) is 17.0. The molecule has 3 aromatic rings. The molecule has 1 unspecified atom stereocenters. The van der Waals surface area contributed by atoms with E-state index in [1.807, 2.05) is 61.5 Å². The zero-order chi connectivity index (χ0) is 17.2. The van der Waals surface area contributed by atoms with E-state index in [0.717, 1.165) is 15.6 Å². The summed E-state index contributed by atoms with van der Waals surface area (Å²) >= 11 is 7.56. The van der Waals surface area contributed by atoms with Crippen molar-refractivity contribution >= 4 is 38.9 Å². The fourth-order valence-corrected chi connectivity index (χ4v) is 3.71. The first-order valence-corrected chi connectivity index (χ1v) is 8.79. The van der Waals surface area contributed by atoms with E-state index >= 15 is 0 Å². The normalized spacial score (nSPS) is 13.6. The van der Waals surface area contributed by atoms with Crippen LogP contribution in [0.15, 0.2) is 54.6 Å². The molecule has 2 aromatic carbocycles. The largest absolute Gasteiger partial charge is 0.372 e. The van der Waals surface area contributed by atoms with Crippen molar-refractivity contribution < 1.29 is 9.53 Å². The topological polar surface area (TPSA) is 38.3 Å². The molecular formula is C19H18ClNO2S. The Morgan fingerprint density at radius 2 is 2.00 bits per heavy atom. The molecule has 0 spiro atoms. The molecule has 1 amide bonds. The molecule has 124 valence electrons. The summed E-state index contributed by atoms with van der Waals surface area (Å²) in [6.45, 7) is 2.29. The molecule has 0 aliphatic carbocycles. The minimum Gasteiger partial charge on any atom is -0.372 e. The van der Waals surface area contributed by atoms with E-state index in [9.17, 15) is 4.79 Å². The van der Waals surface area contributed by atoms with Crippen LogP contribution in [0.3, 0.4) is 0 Å². The summed E-state index contributed by atoms with van der Waals surface area (Å²) < 4.78 is 6.76. The number of carbonyl (C=O) groups is 1. The molecule has 3 rings (SSSR count). The highest BCUT2D eigenvalue weighted by molar-refractivity contribution is 7.20. The number of methoxy groups -OCH3 is 1. The van der Waals surface area contributed by atoms with Crippen LogP contribution in [-0.4, -0.2) is 19.6 Å². The highest BCUT2D eigenvalue weighted by atomic mass is 35.5. The van der Waals surface area contributed by atoms with E-state index < -0.39 is 5.60 Å². The summed E-state index contributed by atoms with van der Waals surface area (Å²) in [5.74, 6) is -0.0958. The lowest BCUT2D eigenvalue weighted by molar-refractivity contribution is 0.00319. The van der Waals surface area contributed by atoms with Crippen LogP contribution in [0.2, 0.25) is 5.02 Å². The predicted molar refractivity (Wildman–Crippen MR) is 100.0 cm³/mol. The lowest BCUT2D eigenvalue weighted by Gasteiger charge is -2.29. The number of hydrogen-bond acceptors (Lipinski definition) is 3. The molecule has 24 heavy (non-hydrogen) atoms. The number of fused-ring (bicyclic) bond motifs is 1. The molecule has 3 nitrogen and oxygen atoms in total. The van der Waals surface area contributed by atoms with Gasteiger partial charge in [0.2, 0.25) is 0 Å². The molecule has 0 saturated carbocycles. The Morgan fingerprint density at radius 1 is 1.21 bits per heavy atom. The molecule has 5 heteroatoms. The number of hydrogen-bond donors (Lipinski definition) is 1. The molecule has 0 fully saturated rings. The molecule has 1 aromatic heterocycles. The highest BCUT2D eigenvalue weighted by Crippen LogP contribution is 2.28. The third kappa shape index (κ3) is 3.46. The van der Waals surface area contributed by atoms with Gasteiger partial charge in [-0.15, -0.1) is 11.3 Å². The average molecular weight is 360 g/mol. The Labute approximate surface area is 150 Å². The van der Waals surface area contributed by atoms with Crippen molar-refractivity contribution in [2.45, 2.75) is 12.5 Å². The molecule has 0 bridgehead atoms. The Bertz CT molecular complexity index is 843. The second kappa shape index (κ2) is 6.93. The Balaban J connectivity index is 1.76. The summed E-state index contributed by atoms with van der Waals surface area (Å²) in [5, 5.41) is 4.70. The summed E-state index contributed by atoms with van der Waals surface area (Å²) in [5.41, 5.74) is 0.284. The van der Waals surface area contributed by atoms with Crippen LogP contribution in [0.1, 0.15) is 22.2 Å². The van der Waals surface area contributed by atoms with Gasteiger partial charge < -0.3 is 10.1 Å². The van der Waals surface area contributed by atoms with E-state index in [4.69, 9.17) is 16.3 Å². The lowest BCUT2D eigenvalue weighted by atomic mass is 9.95. The van der Waals surface area contributed by atoms with Crippen LogP contribution in [0.5, 0.6) is 0 Å². The monoisotopic (exact) mass is 359 g/mol. The van der Waals surface area contributed by atoms with Gasteiger partial charge in [-0.1, -0.05) is 41.9 Å². The third-order valence-corrected chi connectivity index (χ3v) is 5.47. The number of amides is 1. The molecule has 1 heterocycles. The van der Waals surface area contributed by atoms with Gasteiger partial charge in [0.1, 0.15) is 5.60 Å². The van der Waals surface area contributed by atoms with Crippen molar-refractivity contribution in [2.24, 2.45) is 0 Å². The van der Waals surface area contributed by atoms with E-state index in [0.29, 0.717) is 16.4 Å². The van der Waals surface area contributed by atoms with Gasteiger partial charge in [0.25, 0.3) is 5.91 Å². The smallest absolute Gasteiger partial charge is 0.261 e. The molecule has 1 atom stereocenters. The zero-order valence-electron chi connectivity index (χ0n) is 13.5. The molecule has 0 aliphatic rings. The van der Waals surface area contributed by atoms with Gasteiger partial charge in [-0.3, -0.25) is 4.79 Å². The number of thiophene rings is 1. The summed E-state index contributed by atoms with van der Waals surface area (Å²) in [6.07, 6.45) is 0. The van der Waals surface area contributed by atoms with Gasteiger partial charge >= 0.3 is 0 Å². The van der Waals surface area contributed by atoms with Crippen LogP contribution in [0.4, 0.5) is 0 Å². The third-order valence-electron chi connectivity index (χ3n) is 4.12. The Hall–Kier alpha value is -1.88. The summed E-state index contributed by atoms with van der Waals surface area (Å²) in [6, 6.07) is 17.4. The number of halogens is 1. The van der Waals surface area contributed by atoms with E-state index in [2.05, 4.69) is 5.32 Å². The average Bonchev–Trinajstić information content (AvgIpc) is 3.03. The maximum absolute atomic E-state index is 12.5. The van der Waals surface area contributed by atoms with Crippen LogP contribution in [0, 0.1) is 0 Å². The molecule has 0 saturated heterocycles. The standard InChI is InChI=1S/C19H18ClNO2S/c1-19(23-2,14-7-5-8-15(20)11-14)12-21-18(22)17-10-13-6-3-4-9-16(13)24-17/h3-11H,12H2,1-2H3,(H,21,22). The number of nitrogens with one attached hydrogen (secondary N) is 1. The van der Waals surface area contributed by atoms with Crippen molar-refractivity contribution in [3.8, 4) is 0 Å². The van der Waals surface area contributed by atoms with E-state index in [-0.39, 0.29) is 5.91 Å². The Morgan fingerprint density at radius 3 is 2.71 bits per heavy atom. The second-order valence-electron chi connectivity index (χ2n) is 5.78. The van der Waals surface area contributed by atoms with E-state index in [1.165, 1.54) is 11.3 Å². The first-order chi connectivity index (χ1) is 11.5. The quantitative estimate of drug-likeness (QED) is 0.707. The van der Waals surface area contributed by atoms with Gasteiger partial charge in [0.05, 0.1) is 11.4 Å². The van der Waals surface area contributed by atoms with Crippen LogP contribution in [-0.2, 0) is 10.3 Å². The summed E-state index contributed by atoms with van der Waals surface area (Å²) in [7, 11) is 1.63. The molecule has 1 N–H and O–H groups in total. The predicted octanol–water partition coefficient (Wildman–Crippen LogP) is 4.85. The van der Waals surface area contributed by atoms with Gasteiger partial charge in [-0.05, 0) is 42.1 Å². The maximum atomic E-state index is 12.5. The van der Waals surface area contributed by atoms with Crippen LogP contribution >= 0.6 is 22.9 Å². The minimum atomic E-state index is -0.642. The summed E-state index contributed by atoms with van der Waals surface area (Å²) in [4.78, 5) is 13.2. The lowest BCUT2D eigenvalue weighted by Crippen LogP contribution is -2.39. The molecule has 0 radical (unpaired) electrons. The maximum Gasteiger partial charge on any atom is 0.261 e. The number of carbonyl (C=O) groups excluding carboxylic acids is 1. The van der Waals surface area contributed by atoms with E-state index in [1.54, 1.807) is 7.11 Å². The van der Waals surface area contributed by atoms with Crippen molar-refractivity contribution in [3.63, 3.8) is 0 Å². The van der Waals surface area contributed by atoms with Gasteiger partial charge in [-0.25, -0.2) is 0 Å². The highest BCUT2D eigenvalue weighted by Gasteiger charge is 2.27. The fourth-order valence-electron chi connectivity index (χ4n) is 2.54. The van der Waals surface area contributed by atoms with Crippen molar-refractivity contribution in [3.05, 3.63) is 70.1 Å². The SMILES string of the molecule is COC(C)(CNC(=O)c1cc2ccccc2s1)c1cccc(Cl)c1. The van der Waals surface area contributed by atoms with Crippen LogP contribution < -0.4 is 5.32 Å². The Kier molecular flexibility index (Phi) is 4.90. The first-order valence-electron chi connectivity index (χ1n) is 7.60. The van der Waals surface area contributed by atoms with Crippen molar-refractivity contribution in [1.82, 2.24) is 5.32 Å². The van der Waals surface area contributed by atoms with Crippen molar-refractivity contribution in [2.75, 3.05) is 13.7 Å². The minimum absolute atomic E-state index is 0.0958. The molecule has 0 aliphatic heterocycles. The number of ether oxygens (including phenoxy) is 1. The van der Waals surface area contributed by atoms with Crippen molar-refractivity contribution in [1.29, 1.82) is 0 Å². The number of benzene rings is 2. The number of rotatable bonds is 5. The van der Waals surface area contributed by atoms with Crippen LogP contribution in [0.25, 0.3) is 10.1 Å². The zero-order valence-corrected chi connectivity index (χ0v) is 15.1.